The van der Waals surface area contributed by atoms with E-state index in [0.29, 0.717) is 25.8 Å². The number of hydrogen-bond acceptors (Lipinski definition) is 7. The van der Waals surface area contributed by atoms with Gasteiger partial charge in [-0.2, -0.15) is 12.6 Å². The van der Waals surface area contributed by atoms with Crippen molar-refractivity contribution in [1.29, 1.82) is 0 Å². The number of nitrogens with two attached hydrogens (primary N) is 2. The lowest BCUT2D eigenvalue weighted by Crippen LogP contribution is -2.57. The van der Waals surface area contributed by atoms with E-state index in [1.165, 1.54) is 0 Å². The maximum Gasteiger partial charge on any atom is 0.326 e. The number of fused-ring (bicyclic) bond motifs is 1. The van der Waals surface area contributed by atoms with Crippen molar-refractivity contribution in [2.24, 2.45) is 17.4 Å². The highest BCUT2D eigenvalue weighted by Gasteiger charge is 2.30. The van der Waals surface area contributed by atoms with Gasteiger partial charge in [-0.1, -0.05) is 32.0 Å². The van der Waals surface area contributed by atoms with E-state index in [1.54, 1.807) is 6.20 Å². The monoisotopic (exact) mass is 548 g/mol. The van der Waals surface area contributed by atoms with Crippen molar-refractivity contribution in [2.75, 3.05) is 12.3 Å². The second-order valence-electron chi connectivity index (χ2n) is 9.79. The molecular formula is C26H40N6O5S. The number of rotatable bonds is 16. The molecule has 1 aromatic carbocycles. The van der Waals surface area contributed by atoms with Gasteiger partial charge in [0.1, 0.15) is 18.1 Å². The number of aromatic amines is 1. The van der Waals surface area contributed by atoms with E-state index in [0.717, 1.165) is 16.5 Å². The molecule has 0 fully saturated rings. The molecule has 0 bridgehead atoms. The number of aliphatic carboxylic acids is 1. The maximum atomic E-state index is 13.3. The zero-order valence-corrected chi connectivity index (χ0v) is 22.8. The molecule has 0 aliphatic heterocycles. The largest absolute Gasteiger partial charge is 0.480 e. The van der Waals surface area contributed by atoms with Gasteiger partial charge in [0, 0.05) is 29.3 Å². The number of carboxylic acids is 1. The summed E-state index contributed by atoms with van der Waals surface area (Å²) in [6.45, 7) is 4.21. The Kier molecular flexibility index (Phi) is 12.6. The smallest absolute Gasteiger partial charge is 0.326 e. The summed E-state index contributed by atoms with van der Waals surface area (Å²) >= 11 is 4.03. The first-order valence-corrected chi connectivity index (χ1v) is 13.5. The van der Waals surface area contributed by atoms with E-state index in [-0.39, 0.29) is 24.5 Å². The number of amides is 3. The summed E-state index contributed by atoms with van der Waals surface area (Å²) in [6, 6.07) is 3.46. The molecule has 2 aromatic rings. The van der Waals surface area contributed by atoms with Crippen LogP contribution in [0.3, 0.4) is 0 Å². The van der Waals surface area contributed by atoms with Gasteiger partial charge in [0.2, 0.25) is 17.7 Å². The highest BCUT2D eigenvalue weighted by Crippen LogP contribution is 2.19. The van der Waals surface area contributed by atoms with Crippen molar-refractivity contribution < 1.29 is 24.3 Å². The number of unbranched alkanes of at least 4 members (excludes halogenated alkanes) is 1. The second kappa shape index (κ2) is 15.4. The molecule has 11 nitrogen and oxygen atoms in total. The molecule has 9 N–H and O–H groups in total. The lowest BCUT2D eigenvalue weighted by atomic mass is 10.0. The lowest BCUT2D eigenvalue weighted by molar-refractivity contribution is -0.142. The van der Waals surface area contributed by atoms with E-state index < -0.39 is 47.9 Å². The van der Waals surface area contributed by atoms with Crippen LogP contribution in [0.1, 0.15) is 45.1 Å². The van der Waals surface area contributed by atoms with Gasteiger partial charge in [-0.25, -0.2) is 4.79 Å². The first-order valence-electron chi connectivity index (χ1n) is 12.8. The fourth-order valence-electron chi connectivity index (χ4n) is 4.09. The zero-order chi connectivity index (χ0) is 28.2. The van der Waals surface area contributed by atoms with Crippen molar-refractivity contribution in [2.45, 2.75) is 70.1 Å². The average Bonchev–Trinajstić information content (AvgIpc) is 3.29. The Morgan fingerprint density at radius 2 is 1.61 bits per heavy atom. The number of aromatic nitrogens is 1. The van der Waals surface area contributed by atoms with Crippen LogP contribution in [-0.4, -0.2) is 70.2 Å². The van der Waals surface area contributed by atoms with Gasteiger partial charge in [0.05, 0.1) is 6.04 Å². The van der Waals surface area contributed by atoms with Crippen molar-refractivity contribution in [1.82, 2.24) is 20.9 Å². The molecule has 4 atom stereocenters. The molecule has 1 aromatic heterocycles. The van der Waals surface area contributed by atoms with E-state index in [1.807, 2.05) is 38.1 Å². The molecule has 0 spiro atoms. The first-order chi connectivity index (χ1) is 18.1. The third-order valence-corrected chi connectivity index (χ3v) is 6.56. The standard InChI is InChI=1S/C26H40N6O5S/c1-15(2)11-21(31-23(33)18(28)14-38)25(35)30-20(9-5-6-10-27)24(34)32-22(26(36)37)12-16-13-29-19-8-4-3-7-17(16)19/h3-4,7-8,13,15,18,20-22,29,38H,5-6,9-12,14,27-28H2,1-2H3,(H,30,35)(H,31,33)(H,32,34)(H,36,37). The molecule has 0 aliphatic carbocycles. The number of carboxylic acid groups (broad SMARTS) is 1. The molecule has 210 valence electrons. The molecule has 0 radical (unpaired) electrons. The second-order valence-corrected chi connectivity index (χ2v) is 10.2. The minimum Gasteiger partial charge on any atom is -0.480 e. The third kappa shape index (κ3) is 9.34. The van der Waals surface area contributed by atoms with Gasteiger partial charge in [-0.15, -0.1) is 0 Å². The number of benzene rings is 1. The molecule has 0 saturated heterocycles. The summed E-state index contributed by atoms with van der Waals surface area (Å²) in [5, 5.41) is 18.6. The van der Waals surface area contributed by atoms with Crippen molar-refractivity contribution >= 4 is 47.2 Å². The highest BCUT2D eigenvalue weighted by atomic mass is 32.1. The lowest BCUT2D eigenvalue weighted by Gasteiger charge is -2.26. The molecule has 4 unspecified atom stereocenters. The van der Waals surface area contributed by atoms with Crippen molar-refractivity contribution in [3.8, 4) is 0 Å². The van der Waals surface area contributed by atoms with Crippen LogP contribution in [0.25, 0.3) is 10.9 Å². The quantitative estimate of drug-likeness (QED) is 0.112. The van der Waals surface area contributed by atoms with E-state index in [2.05, 4.69) is 33.6 Å². The fourth-order valence-corrected chi connectivity index (χ4v) is 4.26. The number of para-hydroxylation sites is 1. The van der Waals surface area contributed by atoms with Crippen LogP contribution in [0.2, 0.25) is 0 Å². The highest BCUT2D eigenvalue weighted by molar-refractivity contribution is 7.80. The van der Waals surface area contributed by atoms with Crippen LogP contribution < -0.4 is 27.4 Å². The molecule has 0 saturated carbocycles. The van der Waals surface area contributed by atoms with E-state index in [9.17, 15) is 24.3 Å². The molecule has 2 rings (SSSR count). The number of nitrogens with one attached hydrogen (secondary N) is 4. The third-order valence-electron chi connectivity index (χ3n) is 6.17. The van der Waals surface area contributed by atoms with E-state index in [4.69, 9.17) is 11.5 Å². The predicted octanol–water partition coefficient (Wildman–Crippen LogP) is 0.682. The number of hydrogen-bond donors (Lipinski definition) is 8. The van der Waals surface area contributed by atoms with Crippen molar-refractivity contribution in [3.63, 3.8) is 0 Å². The maximum absolute atomic E-state index is 13.3. The summed E-state index contributed by atoms with van der Waals surface area (Å²) in [7, 11) is 0. The van der Waals surface area contributed by atoms with Gasteiger partial charge in [-0.3, -0.25) is 14.4 Å². The molecule has 1 heterocycles. The first kappa shape index (κ1) is 31.1. The Morgan fingerprint density at radius 1 is 0.974 bits per heavy atom. The van der Waals surface area contributed by atoms with Crippen LogP contribution >= 0.6 is 12.6 Å². The number of carbonyl (C=O) groups excluding carboxylic acids is 3. The summed E-state index contributed by atoms with van der Waals surface area (Å²) in [6.07, 6.45) is 3.53. The van der Waals surface area contributed by atoms with Crippen LogP contribution in [0.5, 0.6) is 0 Å². The Bertz CT molecular complexity index is 1090. The molecule has 3 amide bonds. The average molecular weight is 549 g/mol. The minimum absolute atomic E-state index is 0.0577. The van der Waals surface area contributed by atoms with Crippen LogP contribution in [-0.2, 0) is 25.6 Å². The summed E-state index contributed by atoms with van der Waals surface area (Å²) in [5.74, 6) is -2.70. The Balaban J connectivity index is 2.18. The number of carbonyl (C=O) groups is 4. The normalized spacial score (nSPS) is 14.5. The summed E-state index contributed by atoms with van der Waals surface area (Å²) in [5.41, 5.74) is 13.0. The Morgan fingerprint density at radius 3 is 2.24 bits per heavy atom. The Labute approximate surface area is 228 Å². The predicted molar refractivity (Wildman–Crippen MR) is 150 cm³/mol. The molecule has 38 heavy (non-hydrogen) atoms. The number of H-pyrrole nitrogens is 1. The summed E-state index contributed by atoms with van der Waals surface area (Å²) < 4.78 is 0. The summed E-state index contributed by atoms with van der Waals surface area (Å²) in [4.78, 5) is 53.9. The SMILES string of the molecule is CC(C)CC(NC(=O)C(N)CS)C(=O)NC(CCCCN)C(=O)NC(Cc1c[nH]c2ccccc12)C(=O)O. The van der Waals surface area contributed by atoms with Gasteiger partial charge in [-0.05, 0) is 49.8 Å². The van der Waals surface area contributed by atoms with Gasteiger partial charge in [0.25, 0.3) is 0 Å². The van der Waals surface area contributed by atoms with Gasteiger partial charge >= 0.3 is 5.97 Å². The van der Waals surface area contributed by atoms with Gasteiger partial charge < -0.3 is 37.5 Å². The fraction of sp³-hybridized carbons (Fsp3) is 0.538. The number of thiol groups is 1. The molecular weight excluding hydrogens is 508 g/mol. The zero-order valence-electron chi connectivity index (χ0n) is 21.9. The topological polar surface area (TPSA) is 192 Å². The van der Waals surface area contributed by atoms with Crippen LogP contribution in [0.4, 0.5) is 0 Å². The van der Waals surface area contributed by atoms with E-state index >= 15 is 0 Å². The van der Waals surface area contributed by atoms with Crippen LogP contribution in [0, 0.1) is 5.92 Å². The Hall–Kier alpha value is -3.09. The minimum atomic E-state index is -1.21. The van der Waals surface area contributed by atoms with Crippen LogP contribution in [0.15, 0.2) is 30.5 Å². The molecule has 12 heteroatoms. The van der Waals surface area contributed by atoms with Gasteiger partial charge in [0.15, 0.2) is 0 Å². The molecule has 0 aliphatic rings. The van der Waals surface area contributed by atoms with Crippen molar-refractivity contribution in [3.05, 3.63) is 36.0 Å².